The highest BCUT2D eigenvalue weighted by Gasteiger charge is 2.24. The van der Waals surface area contributed by atoms with Gasteiger partial charge in [0.15, 0.2) is 0 Å². The minimum absolute atomic E-state index is 0.194. The number of aryl methyl sites for hydroxylation is 1. The first-order chi connectivity index (χ1) is 9.61. The quantitative estimate of drug-likeness (QED) is 0.628. The van der Waals surface area contributed by atoms with E-state index in [9.17, 15) is 10.1 Å². The van der Waals surface area contributed by atoms with Crippen molar-refractivity contribution in [1.29, 1.82) is 0 Å². The molecule has 1 saturated carbocycles. The summed E-state index contributed by atoms with van der Waals surface area (Å²) < 4.78 is 0. The van der Waals surface area contributed by atoms with E-state index in [0.717, 1.165) is 12.0 Å². The minimum atomic E-state index is -0.289. The van der Waals surface area contributed by atoms with Gasteiger partial charge in [-0.1, -0.05) is 32.3 Å². The van der Waals surface area contributed by atoms with Gasteiger partial charge < -0.3 is 5.32 Å². The van der Waals surface area contributed by atoms with Crippen molar-refractivity contribution in [2.75, 3.05) is 5.32 Å². The molecule has 1 aliphatic rings. The Kier molecular flexibility index (Phi) is 4.99. The van der Waals surface area contributed by atoms with E-state index in [2.05, 4.69) is 12.2 Å². The second kappa shape index (κ2) is 6.73. The summed E-state index contributed by atoms with van der Waals surface area (Å²) in [5.41, 5.74) is 1.78. The van der Waals surface area contributed by atoms with Crippen LogP contribution in [0.2, 0.25) is 0 Å². The van der Waals surface area contributed by atoms with E-state index in [1.165, 1.54) is 32.1 Å². The van der Waals surface area contributed by atoms with Crippen LogP contribution >= 0.6 is 0 Å². The standard InChI is InChI=1S/C16H24N2O2/c1-3-14(13-7-5-4-6-8-13)17-15-10-9-12(2)11-16(15)18(19)20/h9-11,13-14,17H,3-8H2,1-2H3. The van der Waals surface area contributed by atoms with Gasteiger partial charge in [0.25, 0.3) is 5.69 Å². The first-order valence-corrected chi connectivity index (χ1v) is 7.63. The number of hydrogen-bond donors (Lipinski definition) is 1. The number of anilines is 1. The van der Waals surface area contributed by atoms with Gasteiger partial charge in [-0.15, -0.1) is 0 Å². The van der Waals surface area contributed by atoms with E-state index in [1.54, 1.807) is 6.07 Å². The average molecular weight is 276 g/mol. The molecule has 1 atom stereocenters. The van der Waals surface area contributed by atoms with Gasteiger partial charge in [0.1, 0.15) is 5.69 Å². The highest BCUT2D eigenvalue weighted by Crippen LogP contribution is 2.32. The van der Waals surface area contributed by atoms with Crippen LogP contribution in [0.4, 0.5) is 11.4 Å². The van der Waals surface area contributed by atoms with Gasteiger partial charge in [0.05, 0.1) is 4.92 Å². The third-order valence-corrected chi connectivity index (χ3v) is 4.35. The normalized spacial score (nSPS) is 17.7. The molecule has 0 saturated heterocycles. The third kappa shape index (κ3) is 3.50. The second-order valence-corrected chi connectivity index (χ2v) is 5.83. The summed E-state index contributed by atoms with van der Waals surface area (Å²) in [6.45, 7) is 4.04. The molecule has 0 radical (unpaired) electrons. The zero-order valence-corrected chi connectivity index (χ0v) is 12.4. The van der Waals surface area contributed by atoms with Crippen LogP contribution in [0.1, 0.15) is 51.0 Å². The van der Waals surface area contributed by atoms with E-state index in [1.807, 2.05) is 19.1 Å². The molecular formula is C16H24N2O2. The molecule has 1 aliphatic carbocycles. The summed E-state index contributed by atoms with van der Waals surface area (Å²) >= 11 is 0. The Hall–Kier alpha value is -1.58. The number of rotatable bonds is 5. The molecule has 4 heteroatoms. The van der Waals surface area contributed by atoms with Gasteiger partial charge in [-0.3, -0.25) is 10.1 Å². The molecule has 0 aliphatic heterocycles. The minimum Gasteiger partial charge on any atom is -0.376 e. The van der Waals surface area contributed by atoms with Crippen molar-refractivity contribution >= 4 is 11.4 Å². The highest BCUT2D eigenvalue weighted by molar-refractivity contribution is 5.63. The molecule has 0 amide bonds. The lowest BCUT2D eigenvalue weighted by molar-refractivity contribution is -0.384. The molecule has 20 heavy (non-hydrogen) atoms. The Morgan fingerprint density at radius 2 is 2.05 bits per heavy atom. The second-order valence-electron chi connectivity index (χ2n) is 5.83. The van der Waals surface area contributed by atoms with Crippen molar-refractivity contribution in [2.24, 2.45) is 5.92 Å². The molecule has 2 rings (SSSR count). The number of nitro benzene ring substituents is 1. The largest absolute Gasteiger partial charge is 0.376 e. The molecule has 0 heterocycles. The number of hydrogen-bond acceptors (Lipinski definition) is 3. The first kappa shape index (κ1) is 14.8. The Labute approximate surface area is 120 Å². The van der Waals surface area contributed by atoms with E-state index in [0.29, 0.717) is 17.6 Å². The Balaban J connectivity index is 2.16. The molecule has 1 N–H and O–H groups in total. The summed E-state index contributed by atoms with van der Waals surface area (Å²) in [6.07, 6.45) is 7.40. The van der Waals surface area contributed by atoms with Crippen molar-refractivity contribution in [1.82, 2.24) is 0 Å². The molecule has 1 unspecified atom stereocenters. The molecule has 110 valence electrons. The molecule has 1 aromatic rings. The molecule has 0 spiro atoms. The van der Waals surface area contributed by atoms with Crippen LogP contribution in [0.15, 0.2) is 18.2 Å². The molecule has 4 nitrogen and oxygen atoms in total. The third-order valence-electron chi connectivity index (χ3n) is 4.35. The van der Waals surface area contributed by atoms with Crippen molar-refractivity contribution < 1.29 is 4.92 Å². The lowest BCUT2D eigenvalue weighted by Crippen LogP contribution is -2.30. The molecule has 1 fully saturated rings. The summed E-state index contributed by atoms with van der Waals surface area (Å²) in [5.74, 6) is 0.648. The van der Waals surface area contributed by atoms with Crippen LogP contribution < -0.4 is 5.32 Å². The fourth-order valence-corrected chi connectivity index (χ4v) is 3.20. The van der Waals surface area contributed by atoms with Crippen LogP contribution in [0.5, 0.6) is 0 Å². The Morgan fingerprint density at radius 1 is 1.35 bits per heavy atom. The Morgan fingerprint density at radius 3 is 2.65 bits per heavy atom. The first-order valence-electron chi connectivity index (χ1n) is 7.63. The van der Waals surface area contributed by atoms with Crippen LogP contribution in [-0.4, -0.2) is 11.0 Å². The van der Waals surface area contributed by atoms with E-state index < -0.39 is 0 Å². The van der Waals surface area contributed by atoms with Crippen molar-refractivity contribution in [3.05, 3.63) is 33.9 Å². The zero-order valence-electron chi connectivity index (χ0n) is 12.4. The van der Waals surface area contributed by atoms with Crippen LogP contribution in [0.25, 0.3) is 0 Å². The smallest absolute Gasteiger partial charge is 0.292 e. The number of benzene rings is 1. The van der Waals surface area contributed by atoms with E-state index in [4.69, 9.17) is 0 Å². The predicted molar refractivity (Wildman–Crippen MR) is 82.1 cm³/mol. The molecule has 0 bridgehead atoms. The molecule has 0 aromatic heterocycles. The highest BCUT2D eigenvalue weighted by atomic mass is 16.6. The van der Waals surface area contributed by atoms with E-state index in [-0.39, 0.29) is 10.6 Å². The van der Waals surface area contributed by atoms with Gasteiger partial charge in [-0.2, -0.15) is 0 Å². The van der Waals surface area contributed by atoms with Gasteiger partial charge in [0.2, 0.25) is 0 Å². The maximum absolute atomic E-state index is 11.2. The number of nitrogens with zero attached hydrogens (tertiary/aromatic N) is 1. The van der Waals surface area contributed by atoms with Crippen molar-refractivity contribution in [2.45, 2.75) is 58.4 Å². The summed E-state index contributed by atoms with van der Waals surface area (Å²) in [7, 11) is 0. The Bertz CT molecular complexity index is 468. The van der Waals surface area contributed by atoms with Crippen molar-refractivity contribution in [3.63, 3.8) is 0 Å². The fourth-order valence-electron chi connectivity index (χ4n) is 3.20. The molecule has 1 aromatic carbocycles. The maximum atomic E-state index is 11.2. The summed E-state index contributed by atoms with van der Waals surface area (Å²) in [6, 6.07) is 5.77. The topological polar surface area (TPSA) is 55.2 Å². The lowest BCUT2D eigenvalue weighted by atomic mass is 9.83. The zero-order chi connectivity index (χ0) is 14.5. The van der Waals surface area contributed by atoms with Crippen LogP contribution in [0, 0.1) is 23.0 Å². The average Bonchev–Trinajstić information content (AvgIpc) is 2.46. The maximum Gasteiger partial charge on any atom is 0.292 e. The lowest BCUT2D eigenvalue weighted by Gasteiger charge is -2.30. The fraction of sp³-hybridized carbons (Fsp3) is 0.625. The predicted octanol–water partition coefficient (Wildman–Crippen LogP) is 4.67. The van der Waals surface area contributed by atoms with Gasteiger partial charge in [-0.05, 0) is 43.7 Å². The van der Waals surface area contributed by atoms with E-state index >= 15 is 0 Å². The number of nitrogens with one attached hydrogen (secondary N) is 1. The van der Waals surface area contributed by atoms with Gasteiger partial charge in [-0.25, -0.2) is 0 Å². The monoisotopic (exact) mass is 276 g/mol. The van der Waals surface area contributed by atoms with Crippen LogP contribution in [-0.2, 0) is 0 Å². The van der Waals surface area contributed by atoms with Gasteiger partial charge >= 0.3 is 0 Å². The SMILES string of the molecule is CCC(Nc1ccc(C)cc1[N+](=O)[O-])C1CCCCC1. The van der Waals surface area contributed by atoms with Crippen LogP contribution in [0.3, 0.4) is 0 Å². The van der Waals surface area contributed by atoms with Crippen molar-refractivity contribution in [3.8, 4) is 0 Å². The molecular weight excluding hydrogens is 252 g/mol. The summed E-state index contributed by atoms with van der Waals surface area (Å²) in [5, 5.41) is 14.6. The number of nitro groups is 1. The summed E-state index contributed by atoms with van der Waals surface area (Å²) in [4.78, 5) is 10.9. The van der Waals surface area contributed by atoms with Gasteiger partial charge in [0, 0.05) is 12.1 Å².